The van der Waals surface area contributed by atoms with Crippen LogP contribution in [0.3, 0.4) is 0 Å². The highest BCUT2D eigenvalue weighted by atomic mass is 35.5. The van der Waals surface area contributed by atoms with Gasteiger partial charge in [0, 0.05) is 69.9 Å². The summed E-state index contributed by atoms with van der Waals surface area (Å²) >= 11 is 12.3. The maximum Gasteiger partial charge on any atom is 0.248 e. The zero-order valence-electron chi connectivity index (χ0n) is 27.6. The van der Waals surface area contributed by atoms with Crippen LogP contribution in [0.25, 0.3) is 11.1 Å². The summed E-state index contributed by atoms with van der Waals surface area (Å²) in [4.78, 5) is 8.66. The molecule has 0 aliphatic carbocycles. The fourth-order valence-electron chi connectivity index (χ4n) is 6.44. The molecule has 7 rings (SSSR count). The Morgan fingerprint density at radius 3 is 1.86 bits per heavy atom. The number of oxazole rings is 1. The number of nitrogen functional groups attached to an aromatic ring is 1. The lowest BCUT2D eigenvalue weighted by molar-refractivity contribution is -0.0305. The predicted octanol–water partition coefficient (Wildman–Crippen LogP) is 2.82. The lowest BCUT2D eigenvalue weighted by Crippen LogP contribution is -2.59. The fourth-order valence-corrected chi connectivity index (χ4v) is 10.6. The largest absolute Gasteiger partial charge is 0.504 e. The molecule has 18 heteroatoms. The minimum absolute atomic E-state index is 0.00912. The van der Waals surface area contributed by atoms with E-state index in [4.69, 9.17) is 42.8 Å². The van der Waals surface area contributed by atoms with Gasteiger partial charge in [-0.2, -0.15) is 8.61 Å². The van der Waals surface area contributed by atoms with Crippen molar-refractivity contribution >= 4 is 60.0 Å². The van der Waals surface area contributed by atoms with Gasteiger partial charge in [0.25, 0.3) is 0 Å². The van der Waals surface area contributed by atoms with Gasteiger partial charge in [-0.25, -0.2) is 21.8 Å². The van der Waals surface area contributed by atoms with Gasteiger partial charge in [0.15, 0.2) is 11.3 Å². The van der Waals surface area contributed by atoms with E-state index in [1.807, 2.05) is 20.8 Å². The number of piperazine rings is 2. The number of hydrogen-bond donors (Lipinski definition) is 2. The topological polar surface area (TPSA) is 172 Å². The molecule has 0 radical (unpaired) electrons. The molecule has 4 saturated heterocycles. The van der Waals surface area contributed by atoms with Crippen molar-refractivity contribution in [2.24, 2.45) is 0 Å². The number of phenols is 1. The SMILES string of the molecule is CC(C)(C)c1nc2ccc(Cl)c(S(=O)(=O)N3CCN4CCOC[C@@H]4C3)c2o1.Nc1ccc(Cl)c(S(=O)(=O)N2CCN3CCOC[C@@H]3C2)c1O. The van der Waals surface area contributed by atoms with Gasteiger partial charge >= 0.3 is 0 Å². The van der Waals surface area contributed by atoms with Gasteiger partial charge in [-0.15, -0.1) is 0 Å². The maximum atomic E-state index is 13.4. The van der Waals surface area contributed by atoms with Gasteiger partial charge in [0.2, 0.25) is 25.9 Å². The van der Waals surface area contributed by atoms with E-state index in [0.717, 1.165) is 13.1 Å². The first-order valence-corrected chi connectivity index (χ1v) is 19.7. The van der Waals surface area contributed by atoms with Gasteiger partial charge in [-0.05, 0) is 24.3 Å². The molecular formula is C31H42Cl2N6O8S2. The molecule has 4 fully saturated rings. The summed E-state index contributed by atoms with van der Waals surface area (Å²) in [6, 6.07) is 6.13. The zero-order valence-corrected chi connectivity index (χ0v) is 30.8. The van der Waals surface area contributed by atoms with Gasteiger partial charge in [-0.3, -0.25) is 9.80 Å². The molecule has 2 aromatic carbocycles. The molecule has 5 heterocycles. The first-order chi connectivity index (χ1) is 23.1. The van der Waals surface area contributed by atoms with Gasteiger partial charge in [-0.1, -0.05) is 44.0 Å². The monoisotopic (exact) mass is 760 g/mol. The number of hydrogen-bond acceptors (Lipinski definition) is 12. The molecule has 3 N–H and O–H groups in total. The van der Waals surface area contributed by atoms with Crippen LogP contribution in [0.4, 0.5) is 5.69 Å². The number of rotatable bonds is 4. The summed E-state index contributed by atoms with van der Waals surface area (Å²) in [6.45, 7) is 12.8. The molecule has 1 aromatic heterocycles. The molecule has 2 atom stereocenters. The minimum atomic E-state index is -3.91. The summed E-state index contributed by atoms with van der Waals surface area (Å²) in [5.41, 5.74) is 5.99. The Kier molecular flexibility index (Phi) is 10.5. The number of morpholine rings is 2. The van der Waals surface area contributed by atoms with E-state index in [0.29, 0.717) is 77.1 Å². The lowest BCUT2D eigenvalue weighted by Gasteiger charge is -2.43. The lowest BCUT2D eigenvalue weighted by atomic mass is 9.97. The van der Waals surface area contributed by atoms with E-state index in [9.17, 15) is 21.9 Å². The second-order valence-corrected chi connectivity index (χ2v) is 18.1. The molecule has 0 spiro atoms. The maximum absolute atomic E-state index is 13.4. The second-order valence-electron chi connectivity index (χ2n) is 13.6. The third-order valence-electron chi connectivity index (χ3n) is 9.22. The van der Waals surface area contributed by atoms with E-state index in [1.165, 1.54) is 20.7 Å². The average Bonchev–Trinajstić information content (AvgIpc) is 3.51. The minimum Gasteiger partial charge on any atom is -0.504 e. The first-order valence-electron chi connectivity index (χ1n) is 16.1. The first kappa shape index (κ1) is 36.5. The second kappa shape index (κ2) is 14.1. The summed E-state index contributed by atoms with van der Waals surface area (Å²) in [5, 5.41) is 10.1. The van der Waals surface area contributed by atoms with E-state index in [-0.39, 0.29) is 48.6 Å². The highest BCUT2D eigenvalue weighted by Gasteiger charge is 2.40. The van der Waals surface area contributed by atoms with Crippen LogP contribution in [-0.2, 0) is 34.9 Å². The van der Waals surface area contributed by atoms with Crippen molar-refractivity contribution in [2.45, 2.75) is 48.1 Å². The van der Waals surface area contributed by atoms with Gasteiger partial charge in [0.05, 0.1) is 42.2 Å². The van der Waals surface area contributed by atoms with Crippen molar-refractivity contribution in [1.82, 2.24) is 23.4 Å². The number of aromatic nitrogens is 1. The number of sulfonamides is 2. The molecular weight excluding hydrogens is 719 g/mol. The van der Waals surface area contributed by atoms with Crippen LogP contribution in [0.1, 0.15) is 26.7 Å². The molecule has 49 heavy (non-hydrogen) atoms. The van der Waals surface area contributed by atoms with Crippen molar-refractivity contribution in [3.05, 3.63) is 40.2 Å². The molecule has 0 bridgehead atoms. The Bertz CT molecular complexity index is 1920. The number of aromatic hydroxyl groups is 1. The standard InChI is InChI=1S/C18H24ClN3O4S.C13H18ClN3O4S/c1-18(2,3)17-20-14-5-4-13(19)16(15(14)26-17)27(23,24)22-7-6-21-8-9-25-11-12(21)10-22;14-10-1-2-11(15)12(18)13(10)22(19,20)17-4-3-16-5-6-21-8-9(16)7-17/h4-5,12H,6-11H2,1-3H3;1-2,9,18H,3-8,15H2/t12-;9-/m00/s1. The molecule has 3 aromatic rings. The van der Waals surface area contributed by atoms with Crippen molar-refractivity contribution in [3.8, 4) is 5.75 Å². The molecule has 4 aliphatic rings. The van der Waals surface area contributed by atoms with Crippen LogP contribution in [0.2, 0.25) is 10.0 Å². The van der Waals surface area contributed by atoms with Crippen molar-refractivity contribution in [1.29, 1.82) is 0 Å². The number of nitrogens with zero attached hydrogens (tertiary/aromatic N) is 5. The number of anilines is 1. The number of fused-ring (bicyclic) bond motifs is 3. The number of benzene rings is 2. The normalized spacial score (nSPS) is 23.4. The van der Waals surface area contributed by atoms with Crippen molar-refractivity contribution in [3.63, 3.8) is 0 Å². The number of phenolic OH excluding ortho intramolecular Hbond substituents is 1. The van der Waals surface area contributed by atoms with E-state index in [1.54, 1.807) is 12.1 Å². The van der Waals surface area contributed by atoms with Crippen LogP contribution in [0.5, 0.6) is 5.75 Å². The Labute approximate surface area is 296 Å². The summed E-state index contributed by atoms with van der Waals surface area (Å²) < 4.78 is 72.2. The summed E-state index contributed by atoms with van der Waals surface area (Å²) in [6.07, 6.45) is 0. The number of ether oxygens (including phenoxy) is 2. The van der Waals surface area contributed by atoms with E-state index < -0.39 is 25.8 Å². The molecule has 0 amide bonds. The zero-order chi connectivity index (χ0) is 35.3. The van der Waals surface area contributed by atoms with Crippen LogP contribution >= 0.6 is 23.2 Å². The van der Waals surface area contributed by atoms with Crippen LogP contribution in [-0.4, -0.2) is 136 Å². The Balaban J connectivity index is 0.000000174. The van der Waals surface area contributed by atoms with Crippen LogP contribution in [0, 0.1) is 0 Å². The molecule has 4 aliphatic heterocycles. The Morgan fingerprint density at radius 1 is 0.796 bits per heavy atom. The van der Waals surface area contributed by atoms with Crippen LogP contribution < -0.4 is 5.73 Å². The van der Waals surface area contributed by atoms with E-state index in [2.05, 4.69) is 14.8 Å². The molecule has 0 unspecified atom stereocenters. The smallest absolute Gasteiger partial charge is 0.248 e. The van der Waals surface area contributed by atoms with Gasteiger partial charge < -0.3 is 24.7 Å². The quantitative estimate of drug-likeness (QED) is 0.295. The van der Waals surface area contributed by atoms with Crippen LogP contribution in [0.15, 0.2) is 38.5 Å². The molecule has 270 valence electrons. The predicted molar refractivity (Wildman–Crippen MR) is 185 cm³/mol. The molecule has 14 nitrogen and oxygen atoms in total. The highest BCUT2D eigenvalue weighted by molar-refractivity contribution is 7.89. The van der Waals surface area contributed by atoms with Crippen molar-refractivity contribution in [2.75, 3.05) is 84.5 Å². The van der Waals surface area contributed by atoms with Gasteiger partial charge in [0.1, 0.15) is 15.3 Å². The average molecular weight is 762 g/mol. The Morgan fingerprint density at radius 2 is 1.31 bits per heavy atom. The van der Waals surface area contributed by atoms with E-state index >= 15 is 0 Å². The number of nitrogens with two attached hydrogens (primary N) is 1. The van der Waals surface area contributed by atoms with Crippen molar-refractivity contribution < 1.29 is 35.8 Å². The summed E-state index contributed by atoms with van der Waals surface area (Å²) in [5.74, 6) is -0.00320. The fraction of sp³-hybridized carbons (Fsp3) is 0.581. The third-order valence-corrected chi connectivity index (χ3v) is 13.9. The number of halogens is 2. The summed E-state index contributed by atoms with van der Waals surface area (Å²) in [7, 11) is -7.72. The Hall–Kier alpha value is -2.25. The third kappa shape index (κ3) is 7.27. The molecule has 0 saturated carbocycles. The highest BCUT2D eigenvalue weighted by Crippen LogP contribution is 2.38.